The Balaban J connectivity index is -0.000000270. The minimum atomic E-state index is 0. The zero-order valence-corrected chi connectivity index (χ0v) is 18.0. The van der Waals surface area contributed by atoms with Gasteiger partial charge in [-0.25, -0.2) is 0 Å². The van der Waals surface area contributed by atoms with Gasteiger partial charge in [0.15, 0.2) is 0 Å². The third kappa shape index (κ3) is 14.2. The Morgan fingerprint density at radius 2 is 0.905 bits per heavy atom. The predicted octanol–water partition coefficient (Wildman–Crippen LogP) is 7.63. The fourth-order valence-electron chi connectivity index (χ4n) is 3.58. The first-order valence-electron chi connectivity index (χ1n) is 8.86. The smallest absolute Gasteiger partial charge is 0.358 e. The van der Waals surface area contributed by atoms with E-state index in [-0.39, 0.29) is 41.1 Å². The van der Waals surface area contributed by atoms with Gasteiger partial charge < -0.3 is 14.9 Å². The van der Waals surface area contributed by atoms with Crippen molar-refractivity contribution in [1.82, 2.24) is 0 Å². The zero-order valence-electron chi connectivity index (χ0n) is 15.6. The molecule has 0 nitrogen and oxygen atoms in total. The molecule has 0 unspecified atom stereocenters. The Hall–Kier alpha value is 0.883. The number of rotatable bonds is 6. The van der Waals surface area contributed by atoms with Crippen molar-refractivity contribution in [3.05, 3.63) is 14.9 Å². The largest absolute Gasteiger partial charge is 2.00 e. The molecule has 0 atom stereocenters. The molecule has 0 heterocycles. The van der Waals surface area contributed by atoms with Crippen molar-refractivity contribution in [1.29, 1.82) is 0 Å². The summed E-state index contributed by atoms with van der Waals surface area (Å²) in [6, 6.07) is 0. The van der Waals surface area contributed by atoms with Crippen molar-refractivity contribution in [3.8, 4) is 0 Å². The van der Waals surface area contributed by atoms with E-state index < -0.39 is 0 Å². The molecule has 126 valence electrons. The van der Waals surface area contributed by atoms with Crippen LogP contribution in [-0.2, 0) is 26.2 Å². The second-order valence-corrected chi connectivity index (χ2v) is 6.59. The van der Waals surface area contributed by atoms with Crippen LogP contribution in [0.5, 0.6) is 0 Å². The van der Waals surface area contributed by atoms with Crippen LogP contribution in [0.25, 0.3) is 0 Å². The minimum absolute atomic E-state index is 0. The molecule has 0 bridgehead atoms. The maximum Gasteiger partial charge on any atom is 2.00 e. The summed E-state index contributed by atoms with van der Waals surface area (Å²) in [5.74, 6) is 2.23. The maximum absolute atomic E-state index is 2.29. The molecule has 0 saturated heterocycles. The molecule has 0 aromatic rings. The van der Waals surface area contributed by atoms with Gasteiger partial charge in [0.1, 0.15) is 0 Å². The summed E-state index contributed by atoms with van der Waals surface area (Å²) < 4.78 is 0. The molecule has 2 rings (SSSR count). The molecule has 0 radical (unpaired) electrons. The number of unbranched alkanes of at least 4 members (excludes halogenated alkanes) is 2. The van der Waals surface area contributed by atoms with Gasteiger partial charge in [-0.05, 0) is 11.8 Å². The van der Waals surface area contributed by atoms with Crippen LogP contribution in [-0.4, -0.2) is 0 Å². The Morgan fingerprint density at radius 1 is 0.619 bits per heavy atom. The van der Waals surface area contributed by atoms with Crippen molar-refractivity contribution in [3.63, 3.8) is 0 Å². The summed E-state index contributed by atoms with van der Waals surface area (Å²) in [5.41, 5.74) is 0. The van der Waals surface area contributed by atoms with Gasteiger partial charge in [-0.15, -0.1) is 0 Å². The molecule has 0 aromatic carbocycles. The van der Waals surface area contributed by atoms with Crippen molar-refractivity contribution in [2.75, 3.05) is 0 Å². The molecule has 21 heavy (non-hydrogen) atoms. The van der Waals surface area contributed by atoms with Crippen LogP contribution in [0.3, 0.4) is 0 Å². The molecule has 0 spiro atoms. The molecule has 1 heteroatoms. The summed E-state index contributed by atoms with van der Waals surface area (Å²) >= 11 is 0. The van der Waals surface area contributed by atoms with E-state index >= 15 is 0 Å². The van der Waals surface area contributed by atoms with Gasteiger partial charge in [-0.2, -0.15) is 0 Å². The third-order valence-electron chi connectivity index (χ3n) is 4.88. The topological polar surface area (TPSA) is 0 Å². The van der Waals surface area contributed by atoms with Crippen LogP contribution in [0.2, 0.25) is 0 Å². The van der Waals surface area contributed by atoms with Crippen molar-refractivity contribution < 1.29 is 26.2 Å². The van der Waals surface area contributed by atoms with Gasteiger partial charge in [0.05, 0.1) is 0 Å². The molecular weight excluding hydrogens is 331 g/mol. The number of hydrogen-bond donors (Lipinski definition) is 0. The van der Waals surface area contributed by atoms with Crippen molar-refractivity contribution in [2.45, 2.75) is 104 Å². The van der Waals surface area contributed by atoms with Gasteiger partial charge in [-0.3, -0.25) is 0 Å². The first kappa shape index (κ1) is 26.8. The first-order chi connectivity index (χ1) is 8.86. The molecule has 0 N–H and O–H groups in total. The average molecular weight is 374 g/mol. The monoisotopic (exact) mass is 372 g/mol. The summed E-state index contributed by atoms with van der Waals surface area (Å²) in [4.78, 5) is 0. The average Bonchev–Trinajstić information content (AvgIpc) is 3.07. The van der Waals surface area contributed by atoms with Crippen LogP contribution in [0.1, 0.15) is 104 Å². The fourth-order valence-corrected chi connectivity index (χ4v) is 3.58. The second kappa shape index (κ2) is 18.9. The fraction of sp³-hybridized carbons (Fsp3) is 0.900. The van der Waals surface area contributed by atoms with Crippen LogP contribution in [0.4, 0.5) is 0 Å². The maximum atomic E-state index is 2.29. The summed E-state index contributed by atoms with van der Waals surface area (Å²) in [7, 11) is 0. The van der Waals surface area contributed by atoms with Gasteiger partial charge in [0.2, 0.25) is 0 Å². The van der Waals surface area contributed by atoms with E-state index in [0.29, 0.717) is 0 Å². The van der Waals surface area contributed by atoms with Crippen molar-refractivity contribution >= 4 is 0 Å². The molecule has 2 saturated carbocycles. The van der Waals surface area contributed by atoms with E-state index in [2.05, 4.69) is 13.8 Å². The Labute approximate surface area is 156 Å². The molecule has 2 aliphatic rings. The van der Waals surface area contributed by atoms with Gasteiger partial charge in [0, 0.05) is 0 Å². The minimum Gasteiger partial charge on any atom is -0.358 e. The van der Waals surface area contributed by atoms with Gasteiger partial charge in [-0.1, -0.05) is 104 Å². The predicted molar refractivity (Wildman–Crippen MR) is 95.8 cm³/mol. The van der Waals surface area contributed by atoms with E-state index in [9.17, 15) is 0 Å². The molecule has 2 aliphatic carbocycles. The van der Waals surface area contributed by atoms with Gasteiger partial charge in [0.25, 0.3) is 0 Å². The third-order valence-corrected chi connectivity index (χ3v) is 4.88. The van der Waals surface area contributed by atoms with E-state index in [1.807, 2.05) is 0 Å². The van der Waals surface area contributed by atoms with E-state index in [4.69, 9.17) is 0 Å². The van der Waals surface area contributed by atoms with Crippen LogP contribution >= 0.6 is 0 Å². The summed E-state index contributed by atoms with van der Waals surface area (Å²) in [6.45, 7) is 4.57. The Morgan fingerprint density at radius 3 is 1.14 bits per heavy atom. The van der Waals surface area contributed by atoms with E-state index in [0.717, 1.165) is 11.8 Å². The molecule has 0 aliphatic heterocycles. The first-order valence-corrected chi connectivity index (χ1v) is 8.86. The standard InChI is InChI=1S/2C9H18.2CH3.Zr/c2*1-2-3-6-9-7-4-5-8-9;;;/h2*9H,2-8H2,1H3;2*1H3;/q;;2*-1;+2. The van der Waals surface area contributed by atoms with E-state index in [1.54, 1.807) is 0 Å². The van der Waals surface area contributed by atoms with Gasteiger partial charge >= 0.3 is 26.2 Å². The SMILES string of the molecule is CCCCC1CCCC1.CCCCC1CCCC1.[CH3-].[CH3-].[Zr+2]. The van der Waals surface area contributed by atoms with Crippen LogP contribution in [0, 0.1) is 26.7 Å². The zero-order chi connectivity index (χ0) is 13.1. The normalized spacial score (nSPS) is 18.0. The van der Waals surface area contributed by atoms with Crippen LogP contribution in [0.15, 0.2) is 0 Å². The Kier molecular flexibility index (Phi) is 24.1. The summed E-state index contributed by atoms with van der Waals surface area (Å²) in [5, 5.41) is 0. The second-order valence-electron chi connectivity index (χ2n) is 6.59. The quantitative estimate of drug-likeness (QED) is 0.420. The molecule has 0 amide bonds. The van der Waals surface area contributed by atoms with Crippen LogP contribution < -0.4 is 0 Å². The van der Waals surface area contributed by atoms with E-state index in [1.165, 1.54) is 89.9 Å². The molecular formula is C20H42Zr. The molecule has 2 fully saturated rings. The molecule has 0 aromatic heterocycles. The van der Waals surface area contributed by atoms with Crippen molar-refractivity contribution in [2.24, 2.45) is 11.8 Å². The Bertz CT molecular complexity index is 147. The summed E-state index contributed by atoms with van der Waals surface area (Å²) in [6.07, 6.45) is 20.9. The number of hydrogen-bond acceptors (Lipinski definition) is 0.